The lowest BCUT2D eigenvalue weighted by molar-refractivity contribution is 0.0680. The minimum absolute atomic E-state index is 0.726. The minimum Gasteiger partial charge on any atom is -0.303 e. The zero-order valence-electron chi connectivity index (χ0n) is 12.9. The normalized spacial score (nSPS) is 33.2. The van der Waals surface area contributed by atoms with Crippen molar-refractivity contribution >= 4 is 0 Å². The monoisotopic (exact) mass is 252 g/mol. The van der Waals surface area contributed by atoms with Crippen LogP contribution in [0.2, 0.25) is 0 Å². The number of rotatable bonds is 3. The molecular formula is C16H32N2. The highest BCUT2D eigenvalue weighted by Gasteiger charge is 2.29. The lowest BCUT2D eigenvalue weighted by Gasteiger charge is -2.42. The average Bonchev–Trinajstić information content (AvgIpc) is 2.34. The van der Waals surface area contributed by atoms with Gasteiger partial charge in [-0.05, 0) is 70.5 Å². The van der Waals surface area contributed by atoms with Crippen LogP contribution in [-0.2, 0) is 0 Å². The maximum Gasteiger partial charge on any atom is 0.00387 e. The van der Waals surface area contributed by atoms with Gasteiger partial charge in [-0.15, -0.1) is 0 Å². The van der Waals surface area contributed by atoms with E-state index in [0.29, 0.717) is 0 Å². The summed E-state index contributed by atoms with van der Waals surface area (Å²) in [6.45, 7) is 16.2. The fraction of sp³-hybridized carbons (Fsp3) is 1.00. The van der Waals surface area contributed by atoms with E-state index >= 15 is 0 Å². The molecule has 0 aliphatic carbocycles. The van der Waals surface area contributed by atoms with E-state index in [1.807, 2.05) is 0 Å². The van der Waals surface area contributed by atoms with Crippen LogP contribution < -0.4 is 0 Å². The standard InChI is InChI=1S/C16H32N2/c1-13(2)18-10-7-16(15(4)11-18)12-17-8-5-14(3)6-9-17/h13-16H,5-12H2,1-4H3/t15-,16-/m1/s1. The van der Waals surface area contributed by atoms with Gasteiger partial charge in [-0.3, -0.25) is 0 Å². The molecular weight excluding hydrogens is 220 g/mol. The highest BCUT2D eigenvalue weighted by atomic mass is 15.2. The first kappa shape index (κ1) is 14.3. The van der Waals surface area contributed by atoms with Crippen LogP contribution in [0.1, 0.15) is 47.0 Å². The Bertz CT molecular complexity index is 243. The molecule has 0 N–H and O–H groups in total. The largest absolute Gasteiger partial charge is 0.303 e. The van der Waals surface area contributed by atoms with Crippen molar-refractivity contribution in [3.63, 3.8) is 0 Å². The highest BCUT2D eigenvalue weighted by Crippen LogP contribution is 2.27. The molecule has 0 aromatic rings. The summed E-state index contributed by atoms with van der Waals surface area (Å²) in [5.41, 5.74) is 0. The molecule has 0 spiro atoms. The smallest absolute Gasteiger partial charge is 0.00387 e. The Kier molecular flexibility index (Phi) is 5.08. The van der Waals surface area contributed by atoms with Gasteiger partial charge >= 0.3 is 0 Å². The van der Waals surface area contributed by atoms with Gasteiger partial charge in [0.05, 0.1) is 0 Å². The molecule has 0 aromatic heterocycles. The molecule has 0 saturated carbocycles. The first-order valence-corrected chi connectivity index (χ1v) is 8.02. The molecule has 2 heteroatoms. The topological polar surface area (TPSA) is 6.48 Å². The zero-order valence-corrected chi connectivity index (χ0v) is 12.9. The van der Waals surface area contributed by atoms with E-state index in [2.05, 4.69) is 37.5 Å². The third-order valence-corrected chi connectivity index (χ3v) is 5.21. The molecule has 0 bridgehead atoms. The first-order valence-electron chi connectivity index (χ1n) is 8.02. The Morgan fingerprint density at radius 1 is 1.00 bits per heavy atom. The maximum atomic E-state index is 2.73. The Morgan fingerprint density at radius 3 is 2.22 bits per heavy atom. The molecule has 2 rings (SSSR count). The Balaban J connectivity index is 1.77. The fourth-order valence-corrected chi connectivity index (χ4v) is 3.54. The zero-order chi connectivity index (χ0) is 13.1. The second-order valence-electron chi connectivity index (χ2n) is 7.10. The summed E-state index contributed by atoms with van der Waals surface area (Å²) in [4.78, 5) is 5.38. The average molecular weight is 252 g/mol. The second-order valence-corrected chi connectivity index (χ2v) is 7.10. The van der Waals surface area contributed by atoms with Gasteiger partial charge in [0.1, 0.15) is 0 Å². The maximum absolute atomic E-state index is 2.73. The summed E-state index contributed by atoms with van der Waals surface area (Å²) in [6, 6.07) is 0.726. The van der Waals surface area contributed by atoms with E-state index in [4.69, 9.17) is 0 Å². The summed E-state index contributed by atoms with van der Waals surface area (Å²) >= 11 is 0. The Morgan fingerprint density at radius 2 is 1.67 bits per heavy atom. The van der Waals surface area contributed by atoms with Gasteiger partial charge in [0, 0.05) is 19.1 Å². The third kappa shape index (κ3) is 3.71. The van der Waals surface area contributed by atoms with Crippen molar-refractivity contribution in [1.82, 2.24) is 9.80 Å². The molecule has 2 atom stereocenters. The molecule has 106 valence electrons. The predicted octanol–water partition coefficient (Wildman–Crippen LogP) is 3.08. The van der Waals surface area contributed by atoms with Crippen LogP contribution in [0.5, 0.6) is 0 Å². The number of piperidine rings is 2. The van der Waals surface area contributed by atoms with Crippen molar-refractivity contribution in [1.29, 1.82) is 0 Å². The Labute approximate surface area is 114 Å². The van der Waals surface area contributed by atoms with Crippen LogP contribution in [0.15, 0.2) is 0 Å². The molecule has 2 nitrogen and oxygen atoms in total. The fourth-order valence-electron chi connectivity index (χ4n) is 3.54. The van der Waals surface area contributed by atoms with Crippen molar-refractivity contribution in [3.8, 4) is 0 Å². The lowest BCUT2D eigenvalue weighted by Crippen LogP contribution is -2.47. The van der Waals surface area contributed by atoms with Crippen molar-refractivity contribution in [2.75, 3.05) is 32.7 Å². The minimum atomic E-state index is 0.726. The van der Waals surface area contributed by atoms with Crippen molar-refractivity contribution in [2.24, 2.45) is 17.8 Å². The van der Waals surface area contributed by atoms with Gasteiger partial charge in [0.25, 0.3) is 0 Å². The van der Waals surface area contributed by atoms with Gasteiger partial charge < -0.3 is 9.80 Å². The molecule has 0 radical (unpaired) electrons. The van der Waals surface area contributed by atoms with Crippen molar-refractivity contribution in [2.45, 2.75) is 53.0 Å². The summed E-state index contributed by atoms with van der Waals surface area (Å²) in [5.74, 6) is 2.77. The van der Waals surface area contributed by atoms with Crippen molar-refractivity contribution in [3.05, 3.63) is 0 Å². The number of hydrogen-bond donors (Lipinski definition) is 0. The predicted molar refractivity (Wildman–Crippen MR) is 78.8 cm³/mol. The third-order valence-electron chi connectivity index (χ3n) is 5.21. The van der Waals surface area contributed by atoms with E-state index in [9.17, 15) is 0 Å². The molecule has 2 heterocycles. The lowest BCUT2D eigenvalue weighted by atomic mass is 9.85. The summed E-state index contributed by atoms with van der Waals surface area (Å²) in [7, 11) is 0. The van der Waals surface area contributed by atoms with E-state index in [1.54, 1.807) is 0 Å². The van der Waals surface area contributed by atoms with Gasteiger partial charge in [0.15, 0.2) is 0 Å². The molecule has 18 heavy (non-hydrogen) atoms. The van der Waals surface area contributed by atoms with E-state index in [0.717, 1.165) is 23.8 Å². The summed E-state index contributed by atoms with van der Waals surface area (Å²) in [6.07, 6.45) is 4.24. The van der Waals surface area contributed by atoms with Crippen LogP contribution in [0, 0.1) is 17.8 Å². The van der Waals surface area contributed by atoms with Crippen LogP contribution in [0.25, 0.3) is 0 Å². The second kappa shape index (κ2) is 6.38. The number of hydrogen-bond acceptors (Lipinski definition) is 2. The van der Waals surface area contributed by atoms with E-state index < -0.39 is 0 Å². The van der Waals surface area contributed by atoms with E-state index in [-0.39, 0.29) is 0 Å². The van der Waals surface area contributed by atoms with Gasteiger partial charge in [0.2, 0.25) is 0 Å². The van der Waals surface area contributed by atoms with Crippen molar-refractivity contribution < 1.29 is 0 Å². The molecule has 2 aliphatic rings. The van der Waals surface area contributed by atoms with Gasteiger partial charge in [-0.1, -0.05) is 13.8 Å². The van der Waals surface area contributed by atoms with Crippen LogP contribution in [0.4, 0.5) is 0 Å². The molecule has 0 aromatic carbocycles. The van der Waals surface area contributed by atoms with Crippen LogP contribution in [-0.4, -0.2) is 48.6 Å². The molecule has 0 amide bonds. The number of likely N-dealkylation sites (tertiary alicyclic amines) is 2. The SMILES string of the molecule is CC1CCN(C[C@H]2CCN(C(C)C)C[C@H]2C)CC1. The van der Waals surface area contributed by atoms with Crippen LogP contribution >= 0.6 is 0 Å². The summed E-state index contributed by atoms with van der Waals surface area (Å²) in [5, 5.41) is 0. The van der Waals surface area contributed by atoms with Gasteiger partial charge in [-0.2, -0.15) is 0 Å². The van der Waals surface area contributed by atoms with Crippen LogP contribution in [0.3, 0.4) is 0 Å². The molecule has 2 saturated heterocycles. The summed E-state index contributed by atoms with van der Waals surface area (Å²) < 4.78 is 0. The quantitative estimate of drug-likeness (QED) is 0.761. The highest BCUT2D eigenvalue weighted by molar-refractivity contribution is 4.82. The molecule has 2 fully saturated rings. The van der Waals surface area contributed by atoms with Gasteiger partial charge in [-0.25, -0.2) is 0 Å². The number of nitrogens with zero attached hydrogens (tertiary/aromatic N) is 2. The Hall–Kier alpha value is -0.0800. The molecule has 0 unspecified atom stereocenters. The molecule has 2 aliphatic heterocycles. The van der Waals surface area contributed by atoms with E-state index in [1.165, 1.54) is 52.0 Å². The first-order chi connectivity index (χ1) is 8.56.